The Bertz CT molecular complexity index is 1970. The molecule has 2 N–H and O–H groups in total. The maximum Gasteiger partial charge on any atom is 0.337 e. The average Bonchev–Trinajstić information content (AvgIpc) is 3.60. The Kier molecular flexibility index (Phi) is 9.12. The number of hydrogen-bond acceptors (Lipinski definition) is 7. The van der Waals surface area contributed by atoms with Crippen LogP contribution in [0.25, 0.3) is 42.8 Å². The van der Waals surface area contributed by atoms with Gasteiger partial charge in [0.1, 0.15) is 5.01 Å². The Balaban J connectivity index is 1.34. The lowest BCUT2D eigenvalue weighted by molar-refractivity contribution is -0.160. The van der Waals surface area contributed by atoms with Gasteiger partial charge < -0.3 is 24.3 Å². The minimum Gasteiger partial charge on any atom is -0.479 e. The summed E-state index contributed by atoms with van der Waals surface area (Å²) in [7, 11) is 0. The van der Waals surface area contributed by atoms with Gasteiger partial charge in [0.05, 0.1) is 41.7 Å². The maximum atomic E-state index is 12.8. The molecule has 0 aliphatic carbocycles. The van der Waals surface area contributed by atoms with Crippen LogP contribution in [0.2, 0.25) is 5.02 Å². The van der Waals surface area contributed by atoms with Gasteiger partial charge in [0.15, 0.2) is 6.10 Å². The number of aliphatic hydroxyl groups is 1. The number of halogens is 1. The highest BCUT2D eigenvalue weighted by atomic mass is 35.5. The molecule has 3 aromatic carbocycles. The summed E-state index contributed by atoms with van der Waals surface area (Å²) in [5, 5.41) is 23.0. The molecule has 0 amide bonds. The van der Waals surface area contributed by atoms with E-state index in [0.717, 1.165) is 82.1 Å². The van der Waals surface area contributed by atoms with Crippen molar-refractivity contribution in [1.82, 2.24) is 14.5 Å². The summed E-state index contributed by atoms with van der Waals surface area (Å²) < 4.78 is 14.7. The second-order valence-electron chi connectivity index (χ2n) is 14.0. The number of benzene rings is 3. The summed E-state index contributed by atoms with van der Waals surface area (Å²) in [5.41, 5.74) is 6.69. The van der Waals surface area contributed by atoms with Crippen molar-refractivity contribution in [2.45, 2.75) is 70.7 Å². The highest BCUT2D eigenvalue weighted by Gasteiger charge is 2.33. The van der Waals surface area contributed by atoms with E-state index in [1.807, 2.05) is 58.0 Å². The van der Waals surface area contributed by atoms with Crippen molar-refractivity contribution in [2.75, 3.05) is 32.9 Å². The number of carbonyl (C=O) groups is 1. The molecule has 4 heterocycles. The Morgan fingerprint density at radius 3 is 2.44 bits per heavy atom. The van der Waals surface area contributed by atoms with Crippen molar-refractivity contribution in [2.24, 2.45) is 0 Å². The smallest absolute Gasteiger partial charge is 0.337 e. The molecular formula is C38H42ClN3O5S. The van der Waals surface area contributed by atoms with Crippen molar-refractivity contribution in [3.8, 4) is 21.7 Å². The highest BCUT2D eigenvalue weighted by molar-refractivity contribution is 7.22. The standard InChI is InChI=1S/C38H42ClN3O5S/c1-22-17-30-35(33(24-5-8-26(39)9-6-24)32(22)34(37(44)45)47-38(2,3)4)48-36(40-30)25-7-10-31-28(18-25)29(19-42(31)15-16-43)23-11-13-41(14-12-23)27-20-46-21-27/h5-10,17-19,23,27,34,43H,11-16,20-21H2,1-4H3,(H,44,45)/t34-/m0/s1. The molecule has 7 rings (SSSR count). The Labute approximate surface area is 289 Å². The molecule has 0 bridgehead atoms. The maximum absolute atomic E-state index is 12.8. The molecule has 2 aliphatic heterocycles. The zero-order chi connectivity index (χ0) is 33.7. The average molecular weight is 688 g/mol. The fraction of sp³-hybridized carbons (Fsp3) is 0.421. The van der Waals surface area contributed by atoms with Gasteiger partial charge in [-0.3, -0.25) is 4.90 Å². The van der Waals surface area contributed by atoms with Gasteiger partial charge in [-0.15, -0.1) is 11.3 Å². The molecule has 0 radical (unpaired) electrons. The Morgan fingerprint density at radius 2 is 1.81 bits per heavy atom. The van der Waals surface area contributed by atoms with Gasteiger partial charge in [-0.05, 0) is 113 Å². The number of rotatable bonds is 9. The van der Waals surface area contributed by atoms with Crippen LogP contribution in [0.1, 0.15) is 62.3 Å². The number of hydrogen-bond donors (Lipinski definition) is 2. The minimum absolute atomic E-state index is 0.0778. The van der Waals surface area contributed by atoms with Crippen molar-refractivity contribution in [1.29, 1.82) is 0 Å². The third kappa shape index (κ3) is 6.40. The summed E-state index contributed by atoms with van der Waals surface area (Å²) in [6, 6.07) is 16.6. The van der Waals surface area contributed by atoms with E-state index in [9.17, 15) is 15.0 Å². The third-order valence-electron chi connectivity index (χ3n) is 9.62. The Hall–Kier alpha value is -3.31. The predicted molar refractivity (Wildman–Crippen MR) is 192 cm³/mol. The van der Waals surface area contributed by atoms with Crippen LogP contribution in [0.5, 0.6) is 0 Å². The molecule has 2 aromatic heterocycles. The van der Waals surface area contributed by atoms with E-state index in [2.05, 4.69) is 33.9 Å². The van der Waals surface area contributed by atoms with Gasteiger partial charge in [0.2, 0.25) is 0 Å². The number of thiazole rings is 1. The summed E-state index contributed by atoms with van der Waals surface area (Å²) in [4.78, 5) is 20.5. The van der Waals surface area contributed by atoms with E-state index in [-0.39, 0.29) is 6.61 Å². The van der Waals surface area contributed by atoms with Gasteiger partial charge in [-0.25, -0.2) is 9.78 Å². The predicted octanol–water partition coefficient (Wildman–Crippen LogP) is 8.06. The minimum atomic E-state index is -1.17. The van der Waals surface area contributed by atoms with E-state index in [1.165, 1.54) is 10.9 Å². The third-order valence-corrected chi connectivity index (χ3v) is 11.0. The van der Waals surface area contributed by atoms with Gasteiger partial charge in [-0.2, -0.15) is 0 Å². The van der Waals surface area contributed by atoms with Gasteiger partial charge in [0, 0.05) is 45.4 Å². The highest BCUT2D eigenvalue weighted by Crippen LogP contribution is 2.45. The van der Waals surface area contributed by atoms with Crippen LogP contribution < -0.4 is 0 Å². The normalized spacial score (nSPS) is 17.3. The van der Waals surface area contributed by atoms with E-state index in [1.54, 1.807) is 11.3 Å². The lowest BCUT2D eigenvalue weighted by atomic mass is 9.88. The molecule has 8 nitrogen and oxygen atoms in total. The molecule has 48 heavy (non-hydrogen) atoms. The first kappa shape index (κ1) is 33.2. The van der Waals surface area contributed by atoms with Crippen molar-refractivity contribution < 1.29 is 24.5 Å². The molecule has 2 aliphatic rings. The summed E-state index contributed by atoms with van der Waals surface area (Å²) >= 11 is 7.86. The van der Waals surface area contributed by atoms with Crippen LogP contribution in [0.3, 0.4) is 0 Å². The van der Waals surface area contributed by atoms with Crippen molar-refractivity contribution >= 4 is 50.0 Å². The van der Waals surface area contributed by atoms with Crippen LogP contribution in [0, 0.1) is 6.92 Å². The number of aromatic nitrogens is 2. The summed E-state index contributed by atoms with van der Waals surface area (Å²) in [5.74, 6) is -0.600. The van der Waals surface area contributed by atoms with Crippen LogP contribution in [0.4, 0.5) is 0 Å². The van der Waals surface area contributed by atoms with E-state index >= 15 is 0 Å². The van der Waals surface area contributed by atoms with Crippen LogP contribution in [-0.4, -0.2) is 75.2 Å². The fourth-order valence-corrected chi connectivity index (χ4v) is 8.49. The zero-order valence-electron chi connectivity index (χ0n) is 27.8. The lowest BCUT2D eigenvalue weighted by Crippen LogP contribution is -2.51. The van der Waals surface area contributed by atoms with Gasteiger partial charge in [-0.1, -0.05) is 23.7 Å². The molecule has 0 saturated carbocycles. The fourth-order valence-electron chi connectivity index (χ4n) is 7.25. The molecular weight excluding hydrogens is 646 g/mol. The molecule has 0 unspecified atom stereocenters. The quantitative estimate of drug-likeness (QED) is 0.162. The molecule has 1 atom stereocenters. The second-order valence-corrected chi connectivity index (χ2v) is 15.5. The lowest BCUT2D eigenvalue weighted by Gasteiger charge is -2.41. The second kappa shape index (κ2) is 13.2. The number of fused-ring (bicyclic) bond motifs is 2. The first-order chi connectivity index (χ1) is 23.0. The first-order valence-corrected chi connectivity index (χ1v) is 17.9. The van der Waals surface area contributed by atoms with Crippen LogP contribution >= 0.6 is 22.9 Å². The number of carboxylic acids is 1. The number of nitrogens with zero attached hydrogens (tertiary/aromatic N) is 3. The number of aliphatic hydroxyl groups excluding tert-OH is 1. The monoisotopic (exact) mass is 687 g/mol. The SMILES string of the molecule is Cc1cc2nc(-c3ccc4c(c3)c(C3CCN(C5COC5)CC3)cn4CCO)sc2c(-c2ccc(Cl)cc2)c1[C@H](OC(C)(C)C)C(=O)O. The number of carboxylic acid groups (broad SMARTS) is 1. The molecule has 10 heteroatoms. The molecule has 2 fully saturated rings. The number of ether oxygens (including phenoxy) is 2. The van der Waals surface area contributed by atoms with E-state index in [0.29, 0.717) is 29.1 Å². The topological polar surface area (TPSA) is 97.0 Å². The van der Waals surface area contributed by atoms with E-state index < -0.39 is 17.7 Å². The largest absolute Gasteiger partial charge is 0.479 e. The zero-order valence-corrected chi connectivity index (χ0v) is 29.4. The van der Waals surface area contributed by atoms with Gasteiger partial charge in [0.25, 0.3) is 0 Å². The summed E-state index contributed by atoms with van der Waals surface area (Å²) in [6.45, 7) is 12.0. The molecule has 0 spiro atoms. The summed E-state index contributed by atoms with van der Waals surface area (Å²) in [6.07, 6.45) is 3.26. The molecule has 2 saturated heterocycles. The van der Waals surface area contributed by atoms with Crippen molar-refractivity contribution in [3.63, 3.8) is 0 Å². The molecule has 252 valence electrons. The van der Waals surface area contributed by atoms with Crippen LogP contribution in [-0.2, 0) is 20.8 Å². The number of piperidine rings is 1. The van der Waals surface area contributed by atoms with Crippen molar-refractivity contribution in [3.05, 3.63) is 76.4 Å². The Morgan fingerprint density at radius 1 is 1.10 bits per heavy atom. The van der Waals surface area contributed by atoms with E-state index in [4.69, 9.17) is 26.1 Å². The molecule has 5 aromatic rings. The number of aryl methyl sites for hydroxylation is 1. The first-order valence-electron chi connectivity index (χ1n) is 16.7. The number of aliphatic carboxylic acids is 1. The van der Waals surface area contributed by atoms with Gasteiger partial charge >= 0.3 is 5.97 Å². The number of likely N-dealkylation sites (tertiary alicyclic amines) is 1. The van der Waals surface area contributed by atoms with Crippen LogP contribution in [0.15, 0.2) is 54.7 Å².